The van der Waals surface area contributed by atoms with E-state index in [9.17, 15) is 4.79 Å². The van der Waals surface area contributed by atoms with Crippen LogP contribution in [0.2, 0.25) is 0 Å². The quantitative estimate of drug-likeness (QED) is 0.859. The first-order valence-electron chi connectivity index (χ1n) is 6.76. The molecule has 4 heteroatoms. The Bertz CT molecular complexity index is 648. The molecule has 0 aliphatic carbocycles. The molecule has 1 aromatic heterocycles. The standard InChI is InChI=1S/C16H16ClNO2/c1-10-4-7-14(20-10)15(17)12-6-5-11-3-2-8-18-16(19)13(11)9-12/h4-7,9,15H,2-3,8H2,1H3,(H,18,19). The number of nitrogens with one attached hydrogen (secondary N) is 1. The van der Waals surface area contributed by atoms with Crippen molar-refractivity contribution in [1.82, 2.24) is 5.32 Å². The van der Waals surface area contributed by atoms with Gasteiger partial charge in [-0.05, 0) is 49.1 Å². The molecule has 2 heterocycles. The molecule has 1 aliphatic rings. The second-order valence-electron chi connectivity index (χ2n) is 5.09. The number of halogens is 1. The molecule has 0 saturated heterocycles. The maximum atomic E-state index is 12.0. The highest BCUT2D eigenvalue weighted by molar-refractivity contribution is 6.22. The van der Waals surface area contributed by atoms with Crippen molar-refractivity contribution in [3.8, 4) is 0 Å². The van der Waals surface area contributed by atoms with E-state index in [1.54, 1.807) is 0 Å². The van der Waals surface area contributed by atoms with E-state index in [4.69, 9.17) is 16.0 Å². The number of hydrogen-bond acceptors (Lipinski definition) is 2. The molecule has 3 rings (SSSR count). The van der Waals surface area contributed by atoms with Gasteiger partial charge in [0.05, 0.1) is 0 Å². The SMILES string of the molecule is Cc1ccc(C(Cl)c2ccc3c(c2)C(=O)NCCC3)o1. The molecule has 0 saturated carbocycles. The van der Waals surface area contributed by atoms with Crippen LogP contribution >= 0.6 is 11.6 Å². The molecule has 1 atom stereocenters. The number of carbonyl (C=O) groups is 1. The maximum absolute atomic E-state index is 12.0. The summed E-state index contributed by atoms with van der Waals surface area (Å²) in [7, 11) is 0. The number of rotatable bonds is 2. The van der Waals surface area contributed by atoms with Crippen molar-refractivity contribution in [2.75, 3.05) is 6.54 Å². The largest absolute Gasteiger partial charge is 0.464 e. The van der Waals surface area contributed by atoms with E-state index in [-0.39, 0.29) is 11.3 Å². The lowest BCUT2D eigenvalue weighted by Gasteiger charge is -2.11. The van der Waals surface area contributed by atoms with Gasteiger partial charge in [0, 0.05) is 12.1 Å². The molecule has 3 nitrogen and oxygen atoms in total. The Morgan fingerprint density at radius 3 is 2.90 bits per heavy atom. The van der Waals surface area contributed by atoms with Crippen LogP contribution in [-0.2, 0) is 6.42 Å². The average molecular weight is 290 g/mol. The van der Waals surface area contributed by atoms with E-state index in [1.165, 1.54) is 0 Å². The maximum Gasteiger partial charge on any atom is 0.251 e. The summed E-state index contributed by atoms with van der Waals surface area (Å²) in [5, 5.41) is 2.53. The van der Waals surface area contributed by atoms with Crippen LogP contribution in [0.25, 0.3) is 0 Å². The van der Waals surface area contributed by atoms with Gasteiger partial charge in [-0.15, -0.1) is 11.6 Å². The van der Waals surface area contributed by atoms with Crippen LogP contribution < -0.4 is 5.32 Å². The summed E-state index contributed by atoms with van der Waals surface area (Å²) in [6.07, 6.45) is 1.89. The summed E-state index contributed by atoms with van der Waals surface area (Å²) in [6.45, 7) is 2.61. The number of fused-ring (bicyclic) bond motifs is 1. The number of amides is 1. The van der Waals surface area contributed by atoms with E-state index < -0.39 is 0 Å². The molecular weight excluding hydrogens is 274 g/mol. The van der Waals surface area contributed by atoms with Crippen molar-refractivity contribution >= 4 is 17.5 Å². The first-order chi connectivity index (χ1) is 9.65. The molecule has 1 amide bonds. The third kappa shape index (κ3) is 2.46. The van der Waals surface area contributed by atoms with Crippen LogP contribution in [0.3, 0.4) is 0 Å². The summed E-state index contributed by atoms with van der Waals surface area (Å²) in [5.41, 5.74) is 2.70. The Hall–Kier alpha value is -1.74. The highest BCUT2D eigenvalue weighted by Crippen LogP contribution is 2.31. The smallest absolute Gasteiger partial charge is 0.251 e. The molecule has 1 N–H and O–H groups in total. The van der Waals surface area contributed by atoms with Gasteiger partial charge in [-0.3, -0.25) is 4.79 Å². The van der Waals surface area contributed by atoms with Gasteiger partial charge in [-0.25, -0.2) is 0 Å². The molecule has 0 radical (unpaired) electrons. The molecule has 1 aromatic carbocycles. The van der Waals surface area contributed by atoms with Gasteiger partial charge in [-0.2, -0.15) is 0 Å². The fourth-order valence-electron chi connectivity index (χ4n) is 2.51. The highest BCUT2D eigenvalue weighted by atomic mass is 35.5. The first-order valence-corrected chi connectivity index (χ1v) is 7.20. The number of furan rings is 1. The zero-order valence-electron chi connectivity index (χ0n) is 11.3. The fourth-order valence-corrected chi connectivity index (χ4v) is 2.76. The van der Waals surface area contributed by atoms with Crippen molar-refractivity contribution in [3.63, 3.8) is 0 Å². The van der Waals surface area contributed by atoms with Gasteiger partial charge >= 0.3 is 0 Å². The molecule has 104 valence electrons. The van der Waals surface area contributed by atoms with E-state index in [1.807, 2.05) is 37.3 Å². The van der Waals surface area contributed by atoms with E-state index in [2.05, 4.69) is 5.32 Å². The van der Waals surface area contributed by atoms with Gasteiger partial charge in [0.1, 0.15) is 16.9 Å². The second kappa shape index (κ2) is 5.33. The molecule has 1 aliphatic heterocycles. The Kier molecular flexibility index (Phi) is 3.53. The normalized spacial score (nSPS) is 16.2. The number of carbonyl (C=O) groups excluding carboxylic acids is 1. The summed E-state index contributed by atoms with van der Waals surface area (Å²) < 4.78 is 5.56. The minimum absolute atomic E-state index is 0.0150. The molecule has 0 spiro atoms. The summed E-state index contributed by atoms with van der Waals surface area (Å²) in [6, 6.07) is 9.62. The number of hydrogen-bond donors (Lipinski definition) is 1. The predicted octanol–water partition coefficient (Wildman–Crippen LogP) is 3.59. The Balaban J connectivity index is 1.97. The van der Waals surface area contributed by atoms with Gasteiger partial charge < -0.3 is 9.73 Å². The number of alkyl halides is 1. The van der Waals surface area contributed by atoms with Crippen LogP contribution in [-0.4, -0.2) is 12.5 Å². The highest BCUT2D eigenvalue weighted by Gasteiger charge is 2.20. The van der Waals surface area contributed by atoms with E-state index >= 15 is 0 Å². The van der Waals surface area contributed by atoms with Crippen LogP contribution in [0.15, 0.2) is 34.7 Å². The third-order valence-corrected chi connectivity index (χ3v) is 4.06. The van der Waals surface area contributed by atoms with Crippen LogP contribution in [0, 0.1) is 6.92 Å². The van der Waals surface area contributed by atoms with Gasteiger partial charge in [0.25, 0.3) is 5.91 Å². The van der Waals surface area contributed by atoms with E-state index in [0.717, 1.165) is 41.8 Å². The molecule has 0 fully saturated rings. The molecule has 0 bridgehead atoms. The fraction of sp³-hybridized carbons (Fsp3) is 0.312. The monoisotopic (exact) mass is 289 g/mol. The van der Waals surface area contributed by atoms with Crippen molar-refractivity contribution in [3.05, 3.63) is 58.5 Å². The molecule has 2 aromatic rings. The van der Waals surface area contributed by atoms with Crippen molar-refractivity contribution in [1.29, 1.82) is 0 Å². The number of aryl methyl sites for hydroxylation is 2. The average Bonchev–Trinajstić information content (AvgIpc) is 2.80. The molecule has 20 heavy (non-hydrogen) atoms. The summed E-state index contributed by atoms with van der Waals surface area (Å²) >= 11 is 6.45. The topological polar surface area (TPSA) is 42.2 Å². The molecule has 1 unspecified atom stereocenters. The lowest BCUT2D eigenvalue weighted by Crippen LogP contribution is -2.22. The number of benzene rings is 1. The summed E-state index contributed by atoms with van der Waals surface area (Å²) in [4.78, 5) is 12.0. The summed E-state index contributed by atoms with van der Waals surface area (Å²) in [5.74, 6) is 1.52. The predicted molar refractivity (Wildman–Crippen MR) is 78.2 cm³/mol. The van der Waals surface area contributed by atoms with E-state index in [0.29, 0.717) is 5.76 Å². The third-order valence-electron chi connectivity index (χ3n) is 3.59. The Morgan fingerprint density at radius 2 is 2.15 bits per heavy atom. The van der Waals surface area contributed by atoms with Gasteiger partial charge in [0.15, 0.2) is 0 Å². The van der Waals surface area contributed by atoms with Gasteiger partial charge in [-0.1, -0.05) is 12.1 Å². The lowest BCUT2D eigenvalue weighted by atomic mass is 9.99. The van der Waals surface area contributed by atoms with Crippen LogP contribution in [0.1, 0.15) is 44.8 Å². The zero-order chi connectivity index (χ0) is 14.1. The Labute approximate surface area is 122 Å². The first kappa shape index (κ1) is 13.3. The minimum Gasteiger partial charge on any atom is -0.464 e. The second-order valence-corrected chi connectivity index (χ2v) is 5.52. The van der Waals surface area contributed by atoms with Crippen LogP contribution in [0.4, 0.5) is 0 Å². The zero-order valence-corrected chi connectivity index (χ0v) is 12.0. The Morgan fingerprint density at radius 1 is 1.30 bits per heavy atom. The van der Waals surface area contributed by atoms with Gasteiger partial charge in [0.2, 0.25) is 0 Å². The van der Waals surface area contributed by atoms with Crippen LogP contribution in [0.5, 0.6) is 0 Å². The molecular formula is C16H16ClNO2. The van der Waals surface area contributed by atoms with Crippen molar-refractivity contribution in [2.24, 2.45) is 0 Å². The lowest BCUT2D eigenvalue weighted by molar-refractivity contribution is 0.0956. The minimum atomic E-state index is -0.370. The van der Waals surface area contributed by atoms with Crippen molar-refractivity contribution < 1.29 is 9.21 Å². The van der Waals surface area contributed by atoms with Crippen molar-refractivity contribution in [2.45, 2.75) is 25.1 Å².